The first kappa shape index (κ1) is 20.4. The lowest BCUT2D eigenvalue weighted by atomic mass is 10.2. The van der Waals surface area contributed by atoms with Crippen molar-refractivity contribution in [2.24, 2.45) is 0 Å². The topological polar surface area (TPSA) is 79.4 Å². The number of benzene rings is 2. The van der Waals surface area contributed by atoms with Gasteiger partial charge in [-0.25, -0.2) is 4.79 Å². The fourth-order valence-electron chi connectivity index (χ4n) is 3.35. The molecule has 1 atom stereocenters. The summed E-state index contributed by atoms with van der Waals surface area (Å²) in [5, 5.41) is 8.07. The van der Waals surface area contributed by atoms with Gasteiger partial charge in [-0.05, 0) is 81.4 Å². The Hall–Kier alpha value is -3.87. The first-order chi connectivity index (χ1) is 15.0. The standard InChI is InChI=1S/C24H23N3O4/c1-15-5-6-16(2)27(15)20-11-7-19(8-12-20)24(28)30-17(3)22-25-26-23(31-22)18-9-13-21(29-4)14-10-18/h5-14,17H,1-4H3. The second kappa shape index (κ2) is 8.47. The van der Waals surface area contributed by atoms with Gasteiger partial charge in [-0.15, -0.1) is 10.2 Å². The second-order valence-corrected chi connectivity index (χ2v) is 7.22. The van der Waals surface area contributed by atoms with E-state index in [9.17, 15) is 4.79 Å². The SMILES string of the molecule is COc1ccc(-c2nnc(C(C)OC(=O)c3ccc(-n4c(C)ccc4C)cc3)o2)cc1. The van der Waals surface area contributed by atoms with E-state index in [-0.39, 0.29) is 5.89 Å². The number of rotatable bonds is 6. The van der Waals surface area contributed by atoms with Gasteiger partial charge in [0.05, 0.1) is 12.7 Å². The highest BCUT2D eigenvalue weighted by Crippen LogP contribution is 2.25. The number of nitrogens with zero attached hydrogens (tertiary/aromatic N) is 3. The number of carbonyl (C=O) groups is 1. The Morgan fingerprint density at radius 2 is 1.58 bits per heavy atom. The predicted molar refractivity (Wildman–Crippen MR) is 115 cm³/mol. The van der Waals surface area contributed by atoms with Crippen LogP contribution in [0.1, 0.15) is 40.7 Å². The van der Waals surface area contributed by atoms with Gasteiger partial charge >= 0.3 is 5.97 Å². The van der Waals surface area contributed by atoms with Crippen molar-refractivity contribution in [3.8, 4) is 22.9 Å². The molecule has 0 saturated carbocycles. The van der Waals surface area contributed by atoms with Gasteiger partial charge < -0.3 is 18.5 Å². The van der Waals surface area contributed by atoms with Gasteiger partial charge in [0, 0.05) is 22.6 Å². The Kier molecular flexibility index (Phi) is 5.58. The minimum atomic E-state index is -0.680. The number of hydrogen-bond donors (Lipinski definition) is 0. The minimum absolute atomic E-state index is 0.231. The van der Waals surface area contributed by atoms with Gasteiger partial charge in [-0.2, -0.15) is 0 Å². The quantitative estimate of drug-likeness (QED) is 0.408. The minimum Gasteiger partial charge on any atom is -0.497 e. The normalized spacial score (nSPS) is 11.9. The summed E-state index contributed by atoms with van der Waals surface area (Å²) in [6.07, 6.45) is -0.680. The van der Waals surface area contributed by atoms with Crippen molar-refractivity contribution in [3.05, 3.63) is 83.5 Å². The Morgan fingerprint density at radius 1 is 0.935 bits per heavy atom. The monoisotopic (exact) mass is 417 g/mol. The van der Waals surface area contributed by atoms with Crippen LogP contribution in [0.5, 0.6) is 5.75 Å². The van der Waals surface area contributed by atoms with Gasteiger partial charge in [0.15, 0.2) is 6.10 Å². The molecule has 0 spiro atoms. The number of aryl methyl sites for hydroxylation is 2. The van der Waals surface area contributed by atoms with E-state index in [0.717, 1.165) is 28.4 Å². The van der Waals surface area contributed by atoms with Crippen LogP contribution in [-0.4, -0.2) is 27.8 Å². The maximum Gasteiger partial charge on any atom is 0.338 e. The molecule has 4 rings (SSSR count). The van der Waals surface area contributed by atoms with Crippen LogP contribution in [0.3, 0.4) is 0 Å². The molecule has 0 N–H and O–H groups in total. The number of hydrogen-bond acceptors (Lipinski definition) is 6. The molecule has 2 aromatic carbocycles. The molecule has 158 valence electrons. The molecule has 0 saturated heterocycles. The summed E-state index contributed by atoms with van der Waals surface area (Å²) in [5.41, 5.74) is 4.46. The van der Waals surface area contributed by atoms with E-state index < -0.39 is 12.1 Å². The predicted octanol–water partition coefficient (Wildman–Crippen LogP) is 5.07. The molecule has 0 aliphatic heterocycles. The number of ether oxygens (including phenoxy) is 2. The maximum atomic E-state index is 12.6. The van der Waals surface area contributed by atoms with Crippen molar-refractivity contribution in [1.82, 2.24) is 14.8 Å². The first-order valence-corrected chi connectivity index (χ1v) is 9.90. The molecule has 2 aromatic heterocycles. The van der Waals surface area contributed by atoms with Crippen LogP contribution in [0.2, 0.25) is 0 Å². The summed E-state index contributed by atoms with van der Waals surface area (Å²) in [6, 6.07) is 18.7. The van der Waals surface area contributed by atoms with Crippen LogP contribution in [0.4, 0.5) is 0 Å². The maximum absolute atomic E-state index is 12.6. The third-order valence-corrected chi connectivity index (χ3v) is 5.04. The summed E-state index contributed by atoms with van der Waals surface area (Å²) in [6.45, 7) is 5.78. The lowest BCUT2D eigenvalue weighted by Crippen LogP contribution is -2.10. The third kappa shape index (κ3) is 4.21. The lowest BCUT2D eigenvalue weighted by Gasteiger charge is -2.12. The fourth-order valence-corrected chi connectivity index (χ4v) is 3.35. The summed E-state index contributed by atoms with van der Waals surface area (Å²) >= 11 is 0. The highest BCUT2D eigenvalue weighted by molar-refractivity contribution is 5.89. The Labute approximate surface area is 180 Å². The molecule has 1 unspecified atom stereocenters. The van der Waals surface area contributed by atoms with E-state index in [0.29, 0.717) is 11.5 Å². The van der Waals surface area contributed by atoms with Gasteiger partial charge in [0.2, 0.25) is 5.89 Å². The molecule has 0 aliphatic rings. The molecule has 31 heavy (non-hydrogen) atoms. The molecule has 4 aromatic rings. The summed E-state index contributed by atoms with van der Waals surface area (Å²) < 4.78 is 18.5. The van der Waals surface area contributed by atoms with E-state index in [1.807, 2.05) is 50.2 Å². The average molecular weight is 417 g/mol. The van der Waals surface area contributed by atoms with Crippen molar-refractivity contribution < 1.29 is 18.7 Å². The van der Waals surface area contributed by atoms with E-state index in [1.54, 1.807) is 26.2 Å². The van der Waals surface area contributed by atoms with Crippen LogP contribution >= 0.6 is 0 Å². The smallest absolute Gasteiger partial charge is 0.338 e. The zero-order chi connectivity index (χ0) is 22.0. The van der Waals surface area contributed by atoms with Crippen molar-refractivity contribution in [2.45, 2.75) is 26.9 Å². The Morgan fingerprint density at radius 3 is 2.19 bits per heavy atom. The van der Waals surface area contributed by atoms with Gasteiger partial charge in [0.25, 0.3) is 5.89 Å². The van der Waals surface area contributed by atoms with Crippen LogP contribution in [0, 0.1) is 13.8 Å². The highest BCUT2D eigenvalue weighted by atomic mass is 16.6. The van der Waals surface area contributed by atoms with Crippen molar-refractivity contribution in [3.63, 3.8) is 0 Å². The van der Waals surface area contributed by atoms with Crippen LogP contribution in [0.25, 0.3) is 17.1 Å². The molecule has 0 aliphatic carbocycles. The molecule has 7 nitrogen and oxygen atoms in total. The van der Waals surface area contributed by atoms with Crippen molar-refractivity contribution in [1.29, 1.82) is 0 Å². The van der Waals surface area contributed by atoms with E-state index >= 15 is 0 Å². The molecule has 0 radical (unpaired) electrons. The zero-order valence-electron chi connectivity index (χ0n) is 17.8. The lowest BCUT2D eigenvalue weighted by molar-refractivity contribution is 0.0280. The summed E-state index contributed by atoms with van der Waals surface area (Å²) in [5.74, 6) is 0.861. The molecular weight excluding hydrogens is 394 g/mol. The van der Waals surface area contributed by atoms with Gasteiger partial charge in [0.1, 0.15) is 5.75 Å². The number of esters is 1. The number of methoxy groups -OCH3 is 1. The highest BCUT2D eigenvalue weighted by Gasteiger charge is 2.20. The number of aromatic nitrogens is 3. The number of carbonyl (C=O) groups excluding carboxylic acids is 1. The summed E-state index contributed by atoms with van der Waals surface area (Å²) in [4.78, 5) is 12.6. The first-order valence-electron chi connectivity index (χ1n) is 9.90. The zero-order valence-corrected chi connectivity index (χ0v) is 17.8. The van der Waals surface area contributed by atoms with E-state index in [2.05, 4.69) is 26.9 Å². The van der Waals surface area contributed by atoms with Gasteiger partial charge in [-0.1, -0.05) is 0 Å². The van der Waals surface area contributed by atoms with Crippen molar-refractivity contribution in [2.75, 3.05) is 7.11 Å². The Bertz CT molecular complexity index is 1170. The molecule has 0 fully saturated rings. The molecule has 0 bridgehead atoms. The van der Waals surface area contributed by atoms with Crippen LogP contribution in [0.15, 0.2) is 65.1 Å². The largest absolute Gasteiger partial charge is 0.497 e. The molecule has 7 heteroatoms. The molecule has 2 heterocycles. The molecule has 0 amide bonds. The van der Waals surface area contributed by atoms with Crippen LogP contribution in [-0.2, 0) is 4.74 Å². The van der Waals surface area contributed by atoms with E-state index in [1.165, 1.54) is 0 Å². The van der Waals surface area contributed by atoms with Crippen LogP contribution < -0.4 is 4.74 Å². The molecular formula is C24H23N3O4. The summed E-state index contributed by atoms with van der Waals surface area (Å²) in [7, 11) is 1.60. The average Bonchev–Trinajstić information content (AvgIpc) is 3.41. The third-order valence-electron chi connectivity index (χ3n) is 5.04. The van der Waals surface area contributed by atoms with E-state index in [4.69, 9.17) is 13.9 Å². The van der Waals surface area contributed by atoms with Crippen molar-refractivity contribution >= 4 is 5.97 Å². The Balaban J connectivity index is 1.44. The second-order valence-electron chi connectivity index (χ2n) is 7.22. The fraction of sp³-hybridized carbons (Fsp3) is 0.208. The van der Waals surface area contributed by atoms with Gasteiger partial charge in [-0.3, -0.25) is 0 Å².